The molecule has 1 amide bonds. The first-order valence-corrected chi connectivity index (χ1v) is 5.32. The molecule has 0 aliphatic carbocycles. The number of hydrogen-bond donors (Lipinski definition) is 2. The van der Waals surface area contributed by atoms with Crippen LogP contribution in [0.3, 0.4) is 0 Å². The third-order valence-corrected chi connectivity index (χ3v) is 2.21. The first-order chi connectivity index (χ1) is 8.54. The van der Waals surface area contributed by atoms with Crippen LogP contribution in [0.4, 0.5) is 13.2 Å². The Morgan fingerprint density at radius 2 is 1.74 bits per heavy atom. The van der Waals surface area contributed by atoms with Crippen molar-refractivity contribution in [2.45, 2.75) is 12.6 Å². The average Bonchev–Trinajstić information content (AvgIpc) is 2.21. The molecule has 0 saturated heterocycles. The second-order valence-electron chi connectivity index (χ2n) is 3.18. The number of rotatable bonds is 2. The molecule has 19 heavy (non-hydrogen) atoms. The largest absolute Gasteiger partial charge is 0.490 e. The van der Waals surface area contributed by atoms with E-state index in [4.69, 9.17) is 38.8 Å². The van der Waals surface area contributed by atoms with Crippen LogP contribution in [-0.4, -0.2) is 23.2 Å². The molecular formula is C10H8Cl2F3NO3. The second-order valence-corrected chi connectivity index (χ2v) is 4.03. The summed E-state index contributed by atoms with van der Waals surface area (Å²) >= 11 is 11.4. The number of halogens is 5. The number of benzene rings is 1. The SMILES string of the molecule is NC(=O)Cc1ccc(Cl)cc1Cl.O=C(O)C(F)(F)F. The van der Waals surface area contributed by atoms with Crippen molar-refractivity contribution in [2.75, 3.05) is 0 Å². The van der Waals surface area contributed by atoms with Gasteiger partial charge in [0.05, 0.1) is 6.42 Å². The lowest BCUT2D eigenvalue weighted by atomic mass is 10.1. The zero-order valence-electron chi connectivity index (χ0n) is 9.17. The molecule has 0 fully saturated rings. The van der Waals surface area contributed by atoms with Gasteiger partial charge in [0.25, 0.3) is 0 Å². The van der Waals surface area contributed by atoms with Crippen LogP contribution < -0.4 is 5.73 Å². The Kier molecular flexibility index (Phi) is 6.64. The quantitative estimate of drug-likeness (QED) is 0.880. The molecule has 4 nitrogen and oxygen atoms in total. The van der Waals surface area contributed by atoms with Crippen molar-refractivity contribution in [3.8, 4) is 0 Å². The van der Waals surface area contributed by atoms with Crippen LogP contribution in [0.5, 0.6) is 0 Å². The Bertz CT molecular complexity index is 478. The molecule has 3 N–H and O–H groups in total. The van der Waals surface area contributed by atoms with Crippen molar-refractivity contribution in [3.63, 3.8) is 0 Å². The minimum absolute atomic E-state index is 0.149. The topological polar surface area (TPSA) is 80.4 Å². The van der Waals surface area contributed by atoms with Gasteiger partial charge in [0.15, 0.2) is 0 Å². The van der Waals surface area contributed by atoms with Gasteiger partial charge in [-0.15, -0.1) is 0 Å². The Hall–Kier alpha value is -1.47. The Morgan fingerprint density at radius 1 is 1.26 bits per heavy atom. The first kappa shape index (κ1) is 17.5. The predicted molar refractivity (Wildman–Crippen MR) is 63.1 cm³/mol. The Morgan fingerprint density at radius 3 is 2.05 bits per heavy atom. The smallest absolute Gasteiger partial charge is 0.475 e. The van der Waals surface area contributed by atoms with E-state index in [1.54, 1.807) is 18.2 Å². The first-order valence-electron chi connectivity index (χ1n) is 4.56. The van der Waals surface area contributed by atoms with Gasteiger partial charge in [-0.2, -0.15) is 13.2 Å². The number of carboxylic acids is 1. The maximum Gasteiger partial charge on any atom is 0.490 e. The summed E-state index contributed by atoms with van der Waals surface area (Å²) in [5.74, 6) is -3.16. The normalized spacial score (nSPS) is 10.4. The van der Waals surface area contributed by atoms with E-state index < -0.39 is 18.1 Å². The summed E-state index contributed by atoms with van der Waals surface area (Å²) in [5, 5.41) is 8.15. The number of aliphatic carboxylic acids is 1. The number of carboxylic acid groups (broad SMARTS) is 1. The van der Waals surface area contributed by atoms with Crippen molar-refractivity contribution in [3.05, 3.63) is 33.8 Å². The van der Waals surface area contributed by atoms with Crippen molar-refractivity contribution >= 4 is 35.1 Å². The number of primary amides is 1. The van der Waals surface area contributed by atoms with Crippen LogP contribution >= 0.6 is 23.2 Å². The molecule has 0 atom stereocenters. The van der Waals surface area contributed by atoms with E-state index in [1.807, 2.05) is 0 Å². The van der Waals surface area contributed by atoms with Gasteiger partial charge in [-0.1, -0.05) is 29.3 Å². The van der Waals surface area contributed by atoms with Crippen LogP contribution in [0.15, 0.2) is 18.2 Å². The summed E-state index contributed by atoms with van der Waals surface area (Å²) in [6, 6.07) is 4.95. The summed E-state index contributed by atoms with van der Waals surface area (Å²) in [4.78, 5) is 19.4. The lowest BCUT2D eigenvalue weighted by Gasteiger charge is -2.00. The molecule has 0 radical (unpaired) electrons. The minimum Gasteiger partial charge on any atom is -0.475 e. The van der Waals surface area contributed by atoms with Crippen LogP contribution in [-0.2, 0) is 16.0 Å². The number of carbonyl (C=O) groups is 2. The summed E-state index contributed by atoms with van der Waals surface area (Å²) < 4.78 is 31.7. The van der Waals surface area contributed by atoms with E-state index in [0.29, 0.717) is 15.6 Å². The number of hydrogen-bond acceptors (Lipinski definition) is 2. The molecule has 0 unspecified atom stereocenters. The molecule has 106 valence electrons. The number of carbonyl (C=O) groups excluding carboxylic acids is 1. The molecule has 1 aromatic carbocycles. The Balaban J connectivity index is 0.000000399. The number of nitrogens with two attached hydrogens (primary N) is 1. The van der Waals surface area contributed by atoms with Gasteiger partial charge in [-0.3, -0.25) is 4.79 Å². The van der Waals surface area contributed by atoms with Crippen molar-refractivity contribution in [2.24, 2.45) is 5.73 Å². The molecular weight excluding hydrogens is 310 g/mol. The zero-order valence-corrected chi connectivity index (χ0v) is 10.7. The molecule has 0 heterocycles. The van der Waals surface area contributed by atoms with Gasteiger partial charge < -0.3 is 10.8 Å². The molecule has 1 aromatic rings. The third-order valence-electron chi connectivity index (χ3n) is 1.62. The summed E-state index contributed by atoms with van der Waals surface area (Å²) in [5.41, 5.74) is 5.70. The number of amides is 1. The van der Waals surface area contributed by atoms with Crippen LogP contribution in [0, 0.1) is 0 Å². The fraction of sp³-hybridized carbons (Fsp3) is 0.200. The molecule has 0 saturated carbocycles. The van der Waals surface area contributed by atoms with Crippen LogP contribution in [0.25, 0.3) is 0 Å². The molecule has 1 rings (SSSR count). The van der Waals surface area contributed by atoms with E-state index in [1.165, 1.54) is 0 Å². The molecule has 0 aromatic heterocycles. The lowest BCUT2D eigenvalue weighted by molar-refractivity contribution is -0.192. The molecule has 9 heteroatoms. The predicted octanol–water partition coefficient (Wildman–Crippen LogP) is 2.65. The van der Waals surface area contributed by atoms with Gasteiger partial charge in [-0.05, 0) is 17.7 Å². The Labute approximate surface area is 115 Å². The van der Waals surface area contributed by atoms with Crippen LogP contribution in [0.1, 0.15) is 5.56 Å². The monoisotopic (exact) mass is 317 g/mol. The van der Waals surface area contributed by atoms with E-state index in [0.717, 1.165) is 0 Å². The maximum atomic E-state index is 10.6. The lowest BCUT2D eigenvalue weighted by Crippen LogP contribution is -2.21. The van der Waals surface area contributed by atoms with Gasteiger partial charge in [-0.25, -0.2) is 4.79 Å². The van der Waals surface area contributed by atoms with Crippen molar-refractivity contribution in [1.29, 1.82) is 0 Å². The zero-order chi connectivity index (χ0) is 15.2. The third kappa shape index (κ3) is 7.53. The summed E-state index contributed by atoms with van der Waals surface area (Å²) in [7, 11) is 0. The van der Waals surface area contributed by atoms with Gasteiger partial charge >= 0.3 is 12.1 Å². The number of alkyl halides is 3. The van der Waals surface area contributed by atoms with Gasteiger partial charge in [0, 0.05) is 10.0 Å². The maximum absolute atomic E-state index is 10.6. The van der Waals surface area contributed by atoms with Gasteiger partial charge in [0.2, 0.25) is 5.91 Å². The highest BCUT2D eigenvalue weighted by atomic mass is 35.5. The fourth-order valence-corrected chi connectivity index (χ4v) is 1.33. The molecule has 0 aliphatic rings. The minimum atomic E-state index is -5.08. The highest BCUT2D eigenvalue weighted by Gasteiger charge is 2.38. The average molecular weight is 318 g/mol. The highest BCUT2D eigenvalue weighted by molar-refractivity contribution is 6.35. The molecule has 0 spiro atoms. The fourth-order valence-electron chi connectivity index (χ4n) is 0.853. The van der Waals surface area contributed by atoms with Crippen molar-refractivity contribution in [1.82, 2.24) is 0 Å². The van der Waals surface area contributed by atoms with E-state index in [2.05, 4.69) is 0 Å². The molecule has 0 bridgehead atoms. The van der Waals surface area contributed by atoms with E-state index in [9.17, 15) is 18.0 Å². The standard InChI is InChI=1S/C8H7Cl2NO.C2HF3O2/c9-6-2-1-5(3-8(11)12)7(10)4-6;3-2(4,5)1(6)7/h1-2,4H,3H2,(H2,11,12);(H,6,7). The molecule has 0 aliphatic heterocycles. The van der Waals surface area contributed by atoms with E-state index >= 15 is 0 Å². The van der Waals surface area contributed by atoms with Crippen LogP contribution in [0.2, 0.25) is 10.0 Å². The van der Waals surface area contributed by atoms with E-state index in [-0.39, 0.29) is 6.42 Å². The van der Waals surface area contributed by atoms with Crippen molar-refractivity contribution < 1.29 is 27.9 Å². The second kappa shape index (κ2) is 7.20. The summed E-state index contributed by atoms with van der Waals surface area (Å²) in [6.45, 7) is 0. The van der Waals surface area contributed by atoms with Gasteiger partial charge in [0.1, 0.15) is 0 Å². The highest BCUT2D eigenvalue weighted by Crippen LogP contribution is 2.20. The summed E-state index contributed by atoms with van der Waals surface area (Å²) in [6.07, 6.45) is -4.93.